The Hall–Kier alpha value is -2.10. The molecule has 1 aromatic carbocycles. The summed E-state index contributed by atoms with van der Waals surface area (Å²) in [5.74, 6) is -0.593. The van der Waals surface area contributed by atoms with Gasteiger partial charge in [-0.3, -0.25) is 0 Å². The van der Waals surface area contributed by atoms with E-state index in [4.69, 9.17) is 14.7 Å². The third kappa shape index (κ3) is 3.95. The van der Waals surface area contributed by atoms with Crippen LogP contribution in [0.25, 0.3) is 0 Å². The number of nitrogens with one attached hydrogen (secondary N) is 2. The summed E-state index contributed by atoms with van der Waals surface area (Å²) in [5, 5.41) is 14.2. The molecular weight excluding hydrogens is 258 g/mol. The second kappa shape index (κ2) is 5.90. The molecule has 2 rings (SSSR count). The van der Waals surface area contributed by atoms with E-state index in [0.717, 1.165) is 0 Å². The van der Waals surface area contributed by atoms with Gasteiger partial charge in [0.1, 0.15) is 6.10 Å². The van der Waals surface area contributed by atoms with E-state index in [1.807, 2.05) is 19.9 Å². The van der Waals surface area contributed by atoms with E-state index in [1.165, 1.54) is 0 Å². The highest BCUT2D eigenvalue weighted by Crippen LogP contribution is 2.21. The van der Waals surface area contributed by atoms with Crippen molar-refractivity contribution in [1.29, 1.82) is 5.26 Å². The first-order valence-electron chi connectivity index (χ1n) is 6.35. The summed E-state index contributed by atoms with van der Waals surface area (Å²) in [6.45, 7) is 4.49. The summed E-state index contributed by atoms with van der Waals surface area (Å²) >= 11 is 0. The van der Waals surface area contributed by atoms with E-state index in [0.29, 0.717) is 24.4 Å². The topological polar surface area (TPSA) is 83.4 Å². The van der Waals surface area contributed by atoms with Gasteiger partial charge in [-0.15, -0.1) is 0 Å². The van der Waals surface area contributed by atoms with Gasteiger partial charge in [-0.1, -0.05) is 6.07 Å². The van der Waals surface area contributed by atoms with E-state index >= 15 is 0 Å². The molecule has 0 bridgehead atoms. The molecule has 20 heavy (non-hydrogen) atoms. The number of nitrogens with zero attached hydrogens (tertiary/aromatic N) is 1. The van der Waals surface area contributed by atoms with Crippen LogP contribution < -0.4 is 10.6 Å². The molecule has 1 fully saturated rings. The van der Waals surface area contributed by atoms with Gasteiger partial charge in [0.2, 0.25) is 0 Å². The predicted molar refractivity (Wildman–Crippen MR) is 73.1 cm³/mol. The van der Waals surface area contributed by atoms with E-state index < -0.39 is 5.79 Å². The number of amides is 2. The molecule has 0 spiro atoms. The number of ether oxygens (including phenoxy) is 2. The van der Waals surface area contributed by atoms with Gasteiger partial charge in [0.05, 0.1) is 18.2 Å². The molecule has 6 nitrogen and oxygen atoms in total. The summed E-state index contributed by atoms with van der Waals surface area (Å²) < 4.78 is 11.0. The van der Waals surface area contributed by atoms with Crippen LogP contribution >= 0.6 is 0 Å². The van der Waals surface area contributed by atoms with Crippen molar-refractivity contribution in [3.8, 4) is 6.07 Å². The van der Waals surface area contributed by atoms with Crippen LogP contribution in [0.15, 0.2) is 24.3 Å². The van der Waals surface area contributed by atoms with Gasteiger partial charge in [-0.05, 0) is 32.0 Å². The predicted octanol–water partition coefficient (Wildman–Crippen LogP) is 1.83. The molecule has 1 aliphatic rings. The molecule has 2 amide bonds. The minimum absolute atomic E-state index is 0.152. The van der Waals surface area contributed by atoms with E-state index in [1.54, 1.807) is 24.3 Å². The molecule has 6 heteroatoms. The molecule has 1 heterocycles. The maximum Gasteiger partial charge on any atom is 0.319 e. The van der Waals surface area contributed by atoms with Crippen molar-refractivity contribution in [2.45, 2.75) is 25.7 Å². The lowest BCUT2D eigenvalue weighted by molar-refractivity contribution is -0.137. The monoisotopic (exact) mass is 275 g/mol. The lowest BCUT2D eigenvalue weighted by Crippen LogP contribution is -2.37. The smallest absolute Gasteiger partial charge is 0.319 e. The summed E-state index contributed by atoms with van der Waals surface area (Å²) in [4.78, 5) is 11.7. The van der Waals surface area contributed by atoms with Gasteiger partial charge in [0, 0.05) is 12.2 Å². The van der Waals surface area contributed by atoms with Crippen LogP contribution in [-0.4, -0.2) is 31.1 Å². The molecular formula is C14H17N3O3. The van der Waals surface area contributed by atoms with Crippen LogP contribution in [0.3, 0.4) is 0 Å². The molecule has 2 N–H and O–H groups in total. The number of carbonyl (C=O) groups is 1. The van der Waals surface area contributed by atoms with E-state index in [2.05, 4.69) is 10.6 Å². The first-order chi connectivity index (χ1) is 9.48. The molecule has 1 saturated heterocycles. The summed E-state index contributed by atoms with van der Waals surface area (Å²) in [5.41, 5.74) is 1.07. The van der Waals surface area contributed by atoms with Gasteiger partial charge in [-0.25, -0.2) is 4.79 Å². The Balaban J connectivity index is 1.80. The van der Waals surface area contributed by atoms with Gasteiger partial charge in [0.25, 0.3) is 0 Å². The van der Waals surface area contributed by atoms with Crippen molar-refractivity contribution < 1.29 is 14.3 Å². The van der Waals surface area contributed by atoms with Crippen LogP contribution in [0.2, 0.25) is 0 Å². The van der Waals surface area contributed by atoms with Crippen molar-refractivity contribution in [1.82, 2.24) is 5.32 Å². The summed E-state index contributed by atoms with van der Waals surface area (Å²) in [7, 11) is 0. The van der Waals surface area contributed by atoms with Crippen molar-refractivity contribution >= 4 is 11.7 Å². The van der Waals surface area contributed by atoms with Crippen LogP contribution in [0, 0.1) is 11.3 Å². The van der Waals surface area contributed by atoms with Crippen LogP contribution in [0.4, 0.5) is 10.5 Å². The second-order valence-electron chi connectivity index (χ2n) is 4.98. The number of anilines is 1. The van der Waals surface area contributed by atoms with Gasteiger partial charge in [0.15, 0.2) is 5.79 Å². The van der Waals surface area contributed by atoms with Gasteiger partial charge in [-0.2, -0.15) is 5.26 Å². The molecule has 0 aliphatic carbocycles. The van der Waals surface area contributed by atoms with Crippen LogP contribution in [0.1, 0.15) is 19.4 Å². The highest BCUT2D eigenvalue weighted by Gasteiger charge is 2.32. The Bertz CT molecular complexity index is 537. The number of carbonyl (C=O) groups excluding carboxylic acids is 1. The SMILES string of the molecule is CC1(C)OCC(CNC(=O)Nc2cccc(C#N)c2)O1. The Morgan fingerprint density at radius 2 is 2.35 bits per heavy atom. The van der Waals surface area contributed by atoms with Crippen molar-refractivity contribution in [3.63, 3.8) is 0 Å². The summed E-state index contributed by atoms with van der Waals surface area (Å²) in [6.07, 6.45) is -0.152. The fourth-order valence-corrected chi connectivity index (χ4v) is 1.91. The number of nitriles is 1. The highest BCUT2D eigenvalue weighted by molar-refractivity contribution is 5.89. The van der Waals surface area contributed by atoms with E-state index in [-0.39, 0.29) is 12.1 Å². The zero-order valence-electron chi connectivity index (χ0n) is 11.5. The molecule has 1 atom stereocenters. The number of hydrogen-bond acceptors (Lipinski definition) is 4. The third-order valence-corrected chi connectivity index (χ3v) is 2.81. The third-order valence-electron chi connectivity index (χ3n) is 2.81. The fourth-order valence-electron chi connectivity index (χ4n) is 1.91. The quantitative estimate of drug-likeness (QED) is 0.881. The van der Waals surface area contributed by atoms with Crippen molar-refractivity contribution in [3.05, 3.63) is 29.8 Å². The molecule has 1 aromatic rings. The molecule has 1 aliphatic heterocycles. The van der Waals surface area contributed by atoms with Gasteiger partial charge >= 0.3 is 6.03 Å². The minimum atomic E-state index is -0.593. The van der Waals surface area contributed by atoms with Crippen molar-refractivity contribution in [2.24, 2.45) is 0 Å². The minimum Gasteiger partial charge on any atom is -0.348 e. The Morgan fingerprint density at radius 1 is 1.55 bits per heavy atom. The molecule has 0 saturated carbocycles. The first-order valence-corrected chi connectivity index (χ1v) is 6.35. The number of rotatable bonds is 3. The average Bonchev–Trinajstić information content (AvgIpc) is 2.76. The van der Waals surface area contributed by atoms with Crippen LogP contribution in [0.5, 0.6) is 0 Å². The van der Waals surface area contributed by atoms with E-state index in [9.17, 15) is 4.79 Å². The fraction of sp³-hybridized carbons (Fsp3) is 0.429. The summed E-state index contributed by atoms with van der Waals surface area (Å²) in [6, 6.07) is 8.40. The lowest BCUT2D eigenvalue weighted by atomic mass is 10.2. The highest BCUT2D eigenvalue weighted by atomic mass is 16.7. The zero-order valence-corrected chi connectivity index (χ0v) is 11.5. The lowest BCUT2D eigenvalue weighted by Gasteiger charge is -2.17. The first kappa shape index (κ1) is 14.3. The normalized spacial score (nSPS) is 20.1. The second-order valence-corrected chi connectivity index (χ2v) is 4.98. The molecule has 1 unspecified atom stereocenters. The Kier molecular flexibility index (Phi) is 4.23. The molecule has 0 aromatic heterocycles. The average molecular weight is 275 g/mol. The number of hydrogen-bond donors (Lipinski definition) is 2. The van der Waals surface area contributed by atoms with Crippen molar-refractivity contribution in [2.75, 3.05) is 18.5 Å². The number of urea groups is 1. The molecule has 0 radical (unpaired) electrons. The van der Waals surface area contributed by atoms with Gasteiger partial charge < -0.3 is 20.1 Å². The maximum atomic E-state index is 11.7. The van der Waals surface area contributed by atoms with Crippen LogP contribution in [-0.2, 0) is 9.47 Å². The number of benzene rings is 1. The Morgan fingerprint density at radius 3 is 3.00 bits per heavy atom. The Labute approximate surface area is 117 Å². The maximum absolute atomic E-state index is 11.7. The molecule has 106 valence electrons. The zero-order chi connectivity index (χ0) is 14.6. The standard InChI is InChI=1S/C14H17N3O3/c1-14(2)19-9-12(20-14)8-16-13(18)17-11-5-3-4-10(6-11)7-15/h3-6,12H,8-9H2,1-2H3,(H2,16,17,18). The largest absolute Gasteiger partial charge is 0.348 e.